The Kier molecular flexibility index (Phi) is 4.12. The van der Waals surface area contributed by atoms with E-state index in [4.69, 9.17) is 9.84 Å². The topological polar surface area (TPSA) is 69.9 Å². The molecule has 4 atom stereocenters. The molecule has 1 aliphatic heterocycles. The molecule has 1 heterocycles. The molecule has 0 aromatic heterocycles. The van der Waals surface area contributed by atoms with Crippen LogP contribution in [0.15, 0.2) is 0 Å². The van der Waals surface area contributed by atoms with Crippen molar-refractivity contribution in [2.75, 3.05) is 6.61 Å². The molecule has 0 aromatic carbocycles. The molecule has 1 fully saturated rings. The Hall–Kier alpha value is -0.160. The molecule has 78 valence electrons. The van der Waals surface area contributed by atoms with Crippen LogP contribution in [0.5, 0.6) is 0 Å². The van der Waals surface area contributed by atoms with Crippen molar-refractivity contribution in [3.05, 3.63) is 0 Å². The minimum absolute atomic E-state index is 0.0933. The lowest BCUT2D eigenvalue weighted by atomic mass is 9.95. The zero-order valence-electron chi connectivity index (χ0n) is 7.89. The molecule has 4 nitrogen and oxygen atoms in total. The number of aliphatic hydroxyl groups excluding tert-OH is 3. The summed E-state index contributed by atoms with van der Waals surface area (Å²) in [6.07, 6.45) is -0.287. The minimum atomic E-state index is -0.803. The van der Waals surface area contributed by atoms with Gasteiger partial charge in [0.25, 0.3) is 0 Å². The Bertz CT molecular complexity index is 151. The van der Waals surface area contributed by atoms with E-state index in [9.17, 15) is 10.2 Å². The standard InChI is InChI=1S/C9H18O4/c1-2-3-8-9(12)7(11)4-6(5-10)13-8/h6-12H,2-5H2,1H3. The van der Waals surface area contributed by atoms with E-state index >= 15 is 0 Å². The molecule has 0 bridgehead atoms. The zero-order valence-corrected chi connectivity index (χ0v) is 7.89. The average molecular weight is 190 g/mol. The Labute approximate surface area is 78.1 Å². The Morgan fingerprint density at radius 3 is 2.62 bits per heavy atom. The van der Waals surface area contributed by atoms with E-state index in [2.05, 4.69) is 0 Å². The van der Waals surface area contributed by atoms with Crippen molar-refractivity contribution in [3.8, 4) is 0 Å². The van der Waals surface area contributed by atoms with Gasteiger partial charge in [-0.3, -0.25) is 0 Å². The van der Waals surface area contributed by atoms with Crippen LogP contribution in [0.2, 0.25) is 0 Å². The Morgan fingerprint density at radius 2 is 2.08 bits per heavy atom. The van der Waals surface area contributed by atoms with Crippen molar-refractivity contribution in [2.24, 2.45) is 0 Å². The second-order valence-electron chi connectivity index (χ2n) is 3.56. The van der Waals surface area contributed by atoms with Gasteiger partial charge in [-0.2, -0.15) is 0 Å². The van der Waals surface area contributed by atoms with Gasteiger partial charge in [-0.05, 0) is 6.42 Å². The van der Waals surface area contributed by atoms with Gasteiger partial charge in [0.05, 0.1) is 24.9 Å². The molecule has 4 unspecified atom stereocenters. The van der Waals surface area contributed by atoms with Crippen molar-refractivity contribution >= 4 is 0 Å². The lowest BCUT2D eigenvalue weighted by Crippen LogP contribution is -2.49. The summed E-state index contributed by atoms with van der Waals surface area (Å²) in [5, 5.41) is 27.8. The quantitative estimate of drug-likeness (QED) is 0.569. The highest BCUT2D eigenvalue weighted by Gasteiger charge is 2.35. The number of hydrogen-bond donors (Lipinski definition) is 3. The molecule has 1 aliphatic rings. The first-order chi connectivity index (χ1) is 6.19. The van der Waals surface area contributed by atoms with E-state index in [0.29, 0.717) is 12.8 Å². The highest BCUT2D eigenvalue weighted by molar-refractivity contribution is 4.84. The van der Waals surface area contributed by atoms with E-state index < -0.39 is 12.2 Å². The molecule has 0 radical (unpaired) electrons. The first-order valence-electron chi connectivity index (χ1n) is 4.81. The van der Waals surface area contributed by atoms with Gasteiger partial charge in [0, 0.05) is 6.42 Å². The van der Waals surface area contributed by atoms with Crippen molar-refractivity contribution in [3.63, 3.8) is 0 Å². The van der Waals surface area contributed by atoms with E-state index in [0.717, 1.165) is 6.42 Å². The number of hydrogen-bond acceptors (Lipinski definition) is 4. The van der Waals surface area contributed by atoms with Crippen molar-refractivity contribution in [2.45, 2.75) is 50.6 Å². The fourth-order valence-corrected chi connectivity index (χ4v) is 1.68. The summed E-state index contributed by atoms with van der Waals surface area (Å²) >= 11 is 0. The average Bonchev–Trinajstić information content (AvgIpc) is 2.13. The van der Waals surface area contributed by atoms with Crippen LogP contribution in [0.1, 0.15) is 26.2 Å². The van der Waals surface area contributed by atoms with Gasteiger partial charge >= 0.3 is 0 Å². The molecular formula is C9H18O4. The van der Waals surface area contributed by atoms with Gasteiger partial charge in [-0.25, -0.2) is 0 Å². The molecule has 13 heavy (non-hydrogen) atoms. The van der Waals surface area contributed by atoms with E-state index in [-0.39, 0.29) is 18.8 Å². The summed E-state index contributed by atoms with van der Waals surface area (Å²) < 4.78 is 5.40. The summed E-state index contributed by atoms with van der Waals surface area (Å²) in [5.74, 6) is 0. The summed E-state index contributed by atoms with van der Waals surface area (Å²) in [6, 6.07) is 0. The third kappa shape index (κ3) is 2.64. The minimum Gasteiger partial charge on any atom is -0.394 e. The summed E-state index contributed by atoms with van der Waals surface area (Å²) in [6.45, 7) is 1.90. The predicted molar refractivity (Wildman–Crippen MR) is 47.3 cm³/mol. The van der Waals surface area contributed by atoms with E-state index in [1.165, 1.54) is 0 Å². The molecule has 0 aliphatic carbocycles. The highest BCUT2D eigenvalue weighted by Crippen LogP contribution is 2.22. The Balaban J connectivity index is 2.50. The summed E-state index contributed by atoms with van der Waals surface area (Å²) in [7, 11) is 0. The van der Waals surface area contributed by atoms with Crippen molar-refractivity contribution in [1.29, 1.82) is 0 Å². The molecule has 0 aromatic rings. The lowest BCUT2D eigenvalue weighted by Gasteiger charge is -2.36. The molecule has 0 spiro atoms. The number of rotatable bonds is 3. The second-order valence-corrected chi connectivity index (χ2v) is 3.56. The predicted octanol–water partition coefficient (Wildman–Crippen LogP) is -0.342. The van der Waals surface area contributed by atoms with Gasteiger partial charge in [-0.1, -0.05) is 13.3 Å². The van der Waals surface area contributed by atoms with Crippen molar-refractivity contribution < 1.29 is 20.1 Å². The van der Waals surface area contributed by atoms with Crippen LogP contribution < -0.4 is 0 Å². The summed E-state index contributed by atoms with van der Waals surface area (Å²) in [5.41, 5.74) is 0. The third-order valence-electron chi connectivity index (χ3n) is 2.42. The SMILES string of the molecule is CCCC1OC(CO)CC(O)C1O. The van der Waals surface area contributed by atoms with Crippen LogP contribution in [-0.4, -0.2) is 46.3 Å². The van der Waals surface area contributed by atoms with Crippen LogP contribution in [0.4, 0.5) is 0 Å². The molecule has 0 saturated carbocycles. The first kappa shape index (κ1) is 10.9. The maximum atomic E-state index is 9.53. The smallest absolute Gasteiger partial charge is 0.106 e. The van der Waals surface area contributed by atoms with Gasteiger partial charge in [-0.15, -0.1) is 0 Å². The summed E-state index contributed by atoms with van der Waals surface area (Å²) in [4.78, 5) is 0. The van der Waals surface area contributed by atoms with Gasteiger partial charge in [0.15, 0.2) is 0 Å². The van der Waals surface area contributed by atoms with Gasteiger partial charge in [0.2, 0.25) is 0 Å². The fourth-order valence-electron chi connectivity index (χ4n) is 1.68. The number of ether oxygens (including phenoxy) is 1. The van der Waals surface area contributed by atoms with Crippen LogP contribution >= 0.6 is 0 Å². The van der Waals surface area contributed by atoms with E-state index in [1.54, 1.807) is 0 Å². The third-order valence-corrected chi connectivity index (χ3v) is 2.42. The molecule has 3 N–H and O–H groups in total. The zero-order chi connectivity index (χ0) is 9.84. The maximum absolute atomic E-state index is 9.53. The van der Waals surface area contributed by atoms with Crippen molar-refractivity contribution in [1.82, 2.24) is 0 Å². The fraction of sp³-hybridized carbons (Fsp3) is 1.00. The normalized spacial score (nSPS) is 40.6. The largest absolute Gasteiger partial charge is 0.394 e. The van der Waals surface area contributed by atoms with Crippen LogP contribution in [0, 0.1) is 0 Å². The molecule has 1 saturated heterocycles. The van der Waals surface area contributed by atoms with Gasteiger partial charge in [0.1, 0.15) is 6.10 Å². The molecule has 4 heteroatoms. The lowest BCUT2D eigenvalue weighted by molar-refractivity contribution is -0.178. The van der Waals surface area contributed by atoms with Crippen LogP contribution in [0.25, 0.3) is 0 Å². The Morgan fingerprint density at radius 1 is 1.38 bits per heavy atom. The van der Waals surface area contributed by atoms with Gasteiger partial charge < -0.3 is 20.1 Å². The second kappa shape index (κ2) is 4.91. The maximum Gasteiger partial charge on any atom is 0.106 e. The monoisotopic (exact) mass is 190 g/mol. The highest BCUT2D eigenvalue weighted by atomic mass is 16.5. The first-order valence-corrected chi connectivity index (χ1v) is 4.81. The van der Waals surface area contributed by atoms with E-state index in [1.807, 2.05) is 6.92 Å². The number of aliphatic hydroxyl groups is 3. The molecule has 1 rings (SSSR count). The van der Waals surface area contributed by atoms with Crippen LogP contribution in [0.3, 0.4) is 0 Å². The molecular weight excluding hydrogens is 172 g/mol. The van der Waals surface area contributed by atoms with Crippen LogP contribution in [-0.2, 0) is 4.74 Å². The molecule has 0 amide bonds.